The molecule has 0 spiro atoms. The Balaban J connectivity index is 0.000000331. The zero-order valence-corrected chi connectivity index (χ0v) is 22.2. The number of nitrogens with zero attached hydrogens (tertiary/aromatic N) is 1. The quantitative estimate of drug-likeness (QED) is 0.279. The molecule has 1 aliphatic heterocycles. The molecule has 0 bridgehead atoms. The predicted octanol–water partition coefficient (Wildman–Crippen LogP) is 6.78. The summed E-state index contributed by atoms with van der Waals surface area (Å²) in [5.41, 5.74) is 0. The molecule has 0 radical (unpaired) electrons. The first-order chi connectivity index (χ1) is 16.0. The monoisotopic (exact) mass is 467 g/mol. The number of esters is 2. The van der Waals surface area contributed by atoms with Crippen molar-refractivity contribution in [2.24, 2.45) is 17.8 Å². The standard InChI is InChI=1S/C14H27NO2.C14H26O2/c1-3-5-13-6-9-15(10-7-13)11-8-14(16)17-12-4-2;1-3-11-16-14(15)10-9-13-7-5-12(4-2)6-8-13/h13H,3-12H2,1-2H3;12-13H,3-11H2,1-2H3. The van der Waals surface area contributed by atoms with Gasteiger partial charge in [-0.1, -0.05) is 72.6 Å². The summed E-state index contributed by atoms with van der Waals surface area (Å²) in [4.78, 5) is 25.1. The molecule has 1 heterocycles. The van der Waals surface area contributed by atoms with Crippen LogP contribution in [0, 0.1) is 17.8 Å². The van der Waals surface area contributed by atoms with Crippen LogP contribution in [-0.4, -0.2) is 49.7 Å². The second kappa shape index (κ2) is 19.2. The van der Waals surface area contributed by atoms with E-state index in [1.807, 2.05) is 13.8 Å². The lowest BCUT2D eigenvalue weighted by atomic mass is 9.79. The first-order valence-electron chi connectivity index (χ1n) is 14.1. The Labute approximate surface area is 204 Å². The third-order valence-electron chi connectivity index (χ3n) is 7.27. The van der Waals surface area contributed by atoms with Crippen LogP contribution in [0.4, 0.5) is 0 Å². The number of rotatable bonds is 13. The van der Waals surface area contributed by atoms with Gasteiger partial charge < -0.3 is 14.4 Å². The van der Waals surface area contributed by atoms with Gasteiger partial charge in [0, 0.05) is 13.0 Å². The largest absolute Gasteiger partial charge is 0.466 e. The van der Waals surface area contributed by atoms with E-state index in [0.29, 0.717) is 26.1 Å². The maximum absolute atomic E-state index is 11.4. The number of hydrogen-bond acceptors (Lipinski definition) is 5. The highest BCUT2D eigenvalue weighted by atomic mass is 16.5. The fourth-order valence-electron chi connectivity index (χ4n) is 4.98. The van der Waals surface area contributed by atoms with E-state index in [2.05, 4.69) is 18.7 Å². The number of carbonyl (C=O) groups excluding carboxylic acids is 2. The van der Waals surface area contributed by atoms with Gasteiger partial charge in [-0.05, 0) is 62.9 Å². The van der Waals surface area contributed by atoms with Gasteiger partial charge >= 0.3 is 11.9 Å². The summed E-state index contributed by atoms with van der Waals surface area (Å²) in [5, 5.41) is 0. The minimum atomic E-state index is -0.0393. The van der Waals surface area contributed by atoms with Crippen LogP contribution >= 0.6 is 0 Å². The third kappa shape index (κ3) is 14.7. The van der Waals surface area contributed by atoms with Crippen LogP contribution in [0.15, 0.2) is 0 Å². The van der Waals surface area contributed by atoms with Crippen molar-refractivity contribution >= 4 is 11.9 Å². The second-order valence-electron chi connectivity index (χ2n) is 10.1. The molecule has 2 aliphatic rings. The maximum Gasteiger partial charge on any atom is 0.307 e. The van der Waals surface area contributed by atoms with E-state index in [-0.39, 0.29) is 11.9 Å². The molecule has 2 fully saturated rings. The van der Waals surface area contributed by atoms with Crippen molar-refractivity contribution in [1.82, 2.24) is 4.90 Å². The highest BCUT2D eigenvalue weighted by molar-refractivity contribution is 5.69. The Morgan fingerprint density at radius 3 is 1.70 bits per heavy atom. The van der Waals surface area contributed by atoms with Gasteiger partial charge in [0.1, 0.15) is 0 Å². The molecule has 0 N–H and O–H groups in total. The van der Waals surface area contributed by atoms with Gasteiger partial charge in [0.15, 0.2) is 0 Å². The predicted molar refractivity (Wildman–Crippen MR) is 136 cm³/mol. The molecule has 0 aromatic carbocycles. The molecule has 1 saturated heterocycles. The zero-order chi connectivity index (χ0) is 24.3. The number of piperidine rings is 1. The topological polar surface area (TPSA) is 55.8 Å². The first kappa shape index (κ1) is 29.9. The molecule has 0 amide bonds. The lowest BCUT2D eigenvalue weighted by Crippen LogP contribution is -2.35. The van der Waals surface area contributed by atoms with Gasteiger partial charge in [0.05, 0.1) is 19.6 Å². The van der Waals surface area contributed by atoms with Crippen molar-refractivity contribution in [3.63, 3.8) is 0 Å². The van der Waals surface area contributed by atoms with Gasteiger partial charge in [0.25, 0.3) is 0 Å². The molecular weight excluding hydrogens is 414 g/mol. The summed E-state index contributed by atoms with van der Waals surface area (Å²) >= 11 is 0. The average molecular weight is 468 g/mol. The van der Waals surface area contributed by atoms with E-state index in [0.717, 1.165) is 56.7 Å². The van der Waals surface area contributed by atoms with Gasteiger partial charge in [-0.25, -0.2) is 0 Å². The van der Waals surface area contributed by atoms with E-state index >= 15 is 0 Å². The van der Waals surface area contributed by atoms with E-state index < -0.39 is 0 Å². The van der Waals surface area contributed by atoms with Crippen LogP contribution < -0.4 is 0 Å². The van der Waals surface area contributed by atoms with Crippen LogP contribution in [0.25, 0.3) is 0 Å². The molecular formula is C28H53NO4. The molecule has 0 aromatic heterocycles. The summed E-state index contributed by atoms with van der Waals surface area (Å²) in [5.74, 6) is 2.60. The summed E-state index contributed by atoms with van der Waals surface area (Å²) in [6, 6.07) is 0. The minimum Gasteiger partial charge on any atom is -0.466 e. The first-order valence-corrected chi connectivity index (χ1v) is 14.1. The van der Waals surface area contributed by atoms with E-state index in [4.69, 9.17) is 9.47 Å². The van der Waals surface area contributed by atoms with E-state index in [1.54, 1.807) is 0 Å². The summed E-state index contributed by atoms with van der Waals surface area (Å²) in [7, 11) is 0. The molecule has 33 heavy (non-hydrogen) atoms. The number of ether oxygens (including phenoxy) is 2. The molecule has 5 heteroatoms. The van der Waals surface area contributed by atoms with Gasteiger partial charge in [-0.15, -0.1) is 0 Å². The zero-order valence-electron chi connectivity index (χ0n) is 22.2. The van der Waals surface area contributed by atoms with Crippen LogP contribution in [0.5, 0.6) is 0 Å². The van der Waals surface area contributed by atoms with Crippen molar-refractivity contribution in [3.8, 4) is 0 Å². The van der Waals surface area contributed by atoms with Crippen molar-refractivity contribution in [2.45, 2.75) is 118 Å². The van der Waals surface area contributed by atoms with Crippen LogP contribution in [0.3, 0.4) is 0 Å². The lowest BCUT2D eigenvalue weighted by Gasteiger charge is -2.31. The third-order valence-corrected chi connectivity index (χ3v) is 7.27. The normalized spacial score (nSPS) is 21.7. The molecule has 2 rings (SSSR count). The van der Waals surface area contributed by atoms with Crippen LogP contribution in [0.2, 0.25) is 0 Å². The average Bonchev–Trinajstić information content (AvgIpc) is 2.85. The number of carbonyl (C=O) groups is 2. The highest BCUT2D eigenvalue weighted by Crippen LogP contribution is 2.33. The van der Waals surface area contributed by atoms with Crippen LogP contribution in [0.1, 0.15) is 118 Å². The molecule has 1 saturated carbocycles. The Morgan fingerprint density at radius 1 is 0.667 bits per heavy atom. The molecule has 194 valence electrons. The fourth-order valence-corrected chi connectivity index (χ4v) is 4.98. The van der Waals surface area contributed by atoms with E-state index in [1.165, 1.54) is 57.8 Å². The number of hydrogen-bond donors (Lipinski definition) is 0. The lowest BCUT2D eigenvalue weighted by molar-refractivity contribution is -0.145. The fraction of sp³-hybridized carbons (Fsp3) is 0.929. The Hall–Kier alpha value is -1.10. The second-order valence-corrected chi connectivity index (χ2v) is 10.1. The SMILES string of the molecule is CCCOC(=O)CCC1CCC(CC)CC1.CCCOC(=O)CCN1CCC(CCC)CC1. The van der Waals surface area contributed by atoms with Gasteiger partial charge in [0.2, 0.25) is 0 Å². The molecule has 0 aromatic rings. The van der Waals surface area contributed by atoms with Crippen molar-refractivity contribution in [3.05, 3.63) is 0 Å². The smallest absolute Gasteiger partial charge is 0.307 e. The number of likely N-dealkylation sites (tertiary alicyclic amines) is 1. The van der Waals surface area contributed by atoms with Crippen LogP contribution in [-0.2, 0) is 19.1 Å². The molecule has 0 atom stereocenters. The highest BCUT2D eigenvalue weighted by Gasteiger charge is 2.21. The molecule has 1 aliphatic carbocycles. The van der Waals surface area contributed by atoms with E-state index in [9.17, 15) is 9.59 Å². The van der Waals surface area contributed by atoms with Crippen molar-refractivity contribution in [1.29, 1.82) is 0 Å². The minimum absolute atomic E-state index is 0.000495. The van der Waals surface area contributed by atoms with Gasteiger partial charge in [-0.2, -0.15) is 0 Å². The maximum atomic E-state index is 11.4. The summed E-state index contributed by atoms with van der Waals surface area (Å²) in [6.45, 7) is 12.9. The van der Waals surface area contributed by atoms with Crippen molar-refractivity contribution < 1.29 is 19.1 Å². The van der Waals surface area contributed by atoms with Gasteiger partial charge in [-0.3, -0.25) is 9.59 Å². The Bertz CT molecular complexity index is 494. The Morgan fingerprint density at radius 2 is 1.18 bits per heavy atom. The Kier molecular flexibility index (Phi) is 17.4. The summed E-state index contributed by atoms with van der Waals surface area (Å²) < 4.78 is 10.2. The molecule has 5 nitrogen and oxygen atoms in total. The molecule has 0 unspecified atom stereocenters. The van der Waals surface area contributed by atoms with Crippen molar-refractivity contribution in [2.75, 3.05) is 32.8 Å². The summed E-state index contributed by atoms with van der Waals surface area (Å²) in [6.07, 6.45) is 16.0.